The molecule has 0 saturated carbocycles. The van der Waals surface area contributed by atoms with Crippen LogP contribution in [-0.2, 0) is 0 Å². The van der Waals surface area contributed by atoms with Crippen molar-refractivity contribution in [1.82, 2.24) is 14.9 Å². The molecule has 2 heterocycles. The van der Waals surface area contributed by atoms with Gasteiger partial charge in [0.1, 0.15) is 12.1 Å². The first-order valence-electron chi connectivity index (χ1n) is 7.64. The molecule has 23 heavy (non-hydrogen) atoms. The van der Waals surface area contributed by atoms with E-state index in [-0.39, 0.29) is 5.91 Å². The van der Waals surface area contributed by atoms with Gasteiger partial charge in [-0.2, -0.15) is 0 Å². The number of carbonyl (C=O) groups excluding carboxylic acids is 1. The quantitative estimate of drug-likeness (QED) is 0.864. The number of aromatic nitrogens is 2. The lowest BCUT2D eigenvalue weighted by Crippen LogP contribution is -2.49. The van der Waals surface area contributed by atoms with Crippen molar-refractivity contribution in [3.63, 3.8) is 0 Å². The van der Waals surface area contributed by atoms with E-state index in [4.69, 9.17) is 4.74 Å². The van der Waals surface area contributed by atoms with Crippen LogP contribution in [0.3, 0.4) is 0 Å². The third-order valence-electron chi connectivity index (χ3n) is 4.13. The van der Waals surface area contributed by atoms with Crippen LogP contribution in [-0.4, -0.2) is 54.1 Å². The lowest BCUT2D eigenvalue weighted by Gasteiger charge is -2.36. The number of amides is 1. The van der Waals surface area contributed by atoms with Crippen LogP contribution in [0.15, 0.2) is 36.8 Å². The number of methoxy groups -OCH3 is 1. The van der Waals surface area contributed by atoms with Crippen molar-refractivity contribution in [2.24, 2.45) is 0 Å². The lowest BCUT2D eigenvalue weighted by atomic mass is 10.2. The largest absolute Gasteiger partial charge is 0.495 e. The van der Waals surface area contributed by atoms with Gasteiger partial charge in [0, 0.05) is 32.4 Å². The van der Waals surface area contributed by atoms with E-state index in [2.05, 4.69) is 14.9 Å². The number of nitrogens with zero attached hydrogens (tertiary/aromatic N) is 4. The molecule has 1 saturated heterocycles. The van der Waals surface area contributed by atoms with Crippen LogP contribution >= 0.6 is 0 Å². The maximum absolute atomic E-state index is 12.6. The van der Waals surface area contributed by atoms with Crippen molar-refractivity contribution < 1.29 is 9.53 Å². The zero-order chi connectivity index (χ0) is 16.2. The Kier molecular flexibility index (Phi) is 4.41. The van der Waals surface area contributed by atoms with Crippen molar-refractivity contribution in [3.05, 3.63) is 48.0 Å². The van der Waals surface area contributed by atoms with Gasteiger partial charge in [0.15, 0.2) is 0 Å². The van der Waals surface area contributed by atoms with Gasteiger partial charge in [-0.3, -0.25) is 4.79 Å². The van der Waals surface area contributed by atoms with E-state index in [1.54, 1.807) is 13.3 Å². The summed E-state index contributed by atoms with van der Waals surface area (Å²) < 4.78 is 5.42. The molecule has 120 valence electrons. The monoisotopic (exact) mass is 312 g/mol. The molecular weight excluding hydrogens is 292 g/mol. The average molecular weight is 312 g/mol. The molecule has 1 amide bonds. The van der Waals surface area contributed by atoms with E-state index in [1.807, 2.05) is 36.1 Å². The maximum atomic E-state index is 12.6. The fourth-order valence-corrected chi connectivity index (χ4v) is 2.81. The van der Waals surface area contributed by atoms with Gasteiger partial charge in [0.05, 0.1) is 24.1 Å². The number of aryl methyl sites for hydroxylation is 1. The van der Waals surface area contributed by atoms with Crippen LogP contribution in [0, 0.1) is 6.92 Å². The molecule has 0 N–H and O–H groups in total. The Hall–Kier alpha value is -2.63. The highest BCUT2D eigenvalue weighted by molar-refractivity contribution is 5.95. The first-order chi connectivity index (χ1) is 11.2. The maximum Gasteiger partial charge on any atom is 0.257 e. The molecule has 6 nitrogen and oxygen atoms in total. The third-order valence-corrected chi connectivity index (χ3v) is 4.13. The number of rotatable bonds is 3. The molecule has 1 aromatic heterocycles. The number of para-hydroxylation sites is 2. The van der Waals surface area contributed by atoms with Crippen molar-refractivity contribution in [2.45, 2.75) is 6.92 Å². The fourth-order valence-electron chi connectivity index (χ4n) is 2.81. The summed E-state index contributed by atoms with van der Waals surface area (Å²) in [6.07, 6.45) is 3.06. The molecule has 3 rings (SSSR count). The Morgan fingerprint density at radius 1 is 1.17 bits per heavy atom. The molecule has 0 unspecified atom stereocenters. The molecule has 2 aromatic rings. The fraction of sp³-hybridized carbons (Fsp3) is 0.353. The Labute approximate surface area is 135 Å². The predicted octanol–water partition coefficient (Wildman–Crippen LogP) is 1.76. The Morgan fingerprint density at radius 3 is 2.61 bits per heavy atom. The van der Waals surface area contributed by atoms with E-state index in [1.165, 1.54) is 6.33 Å². The molecule has 1 aliphatic rings. The normalized spacial score (nSPS) is 14.7. The van der Waals surface area contributed by atoms with Gasteiger partial charge in [-0.05, 0) is 19.1 Å². The second-order valence-electron chi connectivity index (χ2n) is 5.47. The second-order valence-corrected chi connectivity index (χ2v) is 5.47. The van der Waals surface area contributed by atoms with Gasteiger partial charge in [0.25, 0.3) is 5.91 Å². The zero-order valence-corrected chi connectivity index (χ0v) is 13.4. The minimum absolute atomic E-state index is 0.00257. The molecule has 0 spiro atoms. The van der Waals surface area contributed by atoms with E-state index >= 15 is 0 Å². The summed E-state index contributed by atoms with van der Waals surface area (Å²) in [7, 11) is 1.68. The van der Waals surface area contributed by atoms with Crippen LogP contribution in [0.1, 0.15) is 16.1 Å². The summed E-state index contributed by atoms with van der Waals surface area (Å²) in [6, 6.07) is 7.96. The molecule has 6 heteroatoms. The minimum atomic E-state index is 0.00257. The van der Waals surface area contributed by atoms with Crippen molar-refractivity contribution >= 4 is 11.6 Å². The molecule has 0 radical (unpaired) electrons. The summed E-state index contributed by atoms with van der Waals surface area (Å²) in [6.45, 7) is 4.73. The Balaban J connectivity index is 1.69. The lowest BCUT2D eigenvalue weighted by molar-refractivity contribution is 0.0745. The number of benzene rings is 1. The van der Waals surface area contributed by atoms with E-state index in [0.29, 0.717) is 18.7 Å². The molecule has 1 fully saturated rings. The van der Waals surface area contributed by atoms with Crippen LogP contribution in [0.25, 0.3) is 0 Å². The third kappa shape index (κ3) is 3.11. The van der Waals surface area contributed by atoms with E-state index in [0.717, 1.165) is 30.2 Å². The summed E-state index contributed by atoms with van der Waals surface area (Å²) in [5.41, 5.74) is 2.37. The average Bonchev–Trinajstić information content (AvgIpc) is 2.61. The molecule has 0 atom stereocenters. The van der Waals surface area contributed by atoms with Crippen LogP contribution in [0.2, 0.25) is 0 Å². The predicted molar refractivity (Wildman–Crippen MR) is 87.9 cm³/mol. The number of ether oxygens (including phenoxy) is 1. The van der Waals surface area contributed by atoms with Crippen LogP contribution in [0.5, 0.6) is 5.75 Å². The highest BCUT2D eigenvalue weighted by Crippen LogP contribution is 2.28. The number of carbonyl (C=O) groups is 1. The standard InChI is InChI=1S/C17H20N4O2/c1-13-14(11-18-12-19-13)17(22)21-9-7-20(8-10-21)15-5-3-4-6-16(15)23-2/h3-6,11-12H,7-10H2,1-2H3. The molecular formula is C17H20N4O2. The molecule has 0 bridgehead atoms. The second kappa shape index (κ2) is 6.64. The summed E-state index contributed by atoms with van der Waals surface area (Å²) in [5, 5.41) is 0. The van der Waals surface area contributed by atoms with Crippen molar-refractivity contribution in [3.8, 4) is 5.75 Å². The summed E-state index contributed by atoms with van der Waals surface area (Å²) in [5.74, 6) is 0.863. The summed E-state index contributed by atoms with van der Waals surface area (Å²) in [4.78, 5) is 24.8. The highest BCUT2D eigenvalue weighted by atomic mass is 16.5. The van der Waals surface area contributed by atoms with E-state index in [9.17, 15) is 4.79 Å². The van der Waals surface area contributed by atoms with Gasteiger partial charge >= 0.3 is 0 Å². The Morgan fingerprint density at radius 2 is 1.91 bits per heavy atom. The van der Waals surface area contributed by atoms with Crippen LogP contribution in [0.4, 0.5) is 5.69 Å². The first kappa shape index (κ1) is 15.3. The number of piperazine rings is 1. The zero-order valence-electron chi connectivity index (χ0n) is 13.4. The van der Waals surface area contributed by atoms with Gasteiger partial charge in [-0.15, -0.1) is 0 Å². The van der Waals surface area contributed by atoms with Crippen molar-refractivity contribution in [1.29, 1.82) is 0 Å². The molecule has 1 aliphatic heterocycles. The van der Waals surface area contributed by atoms with Gasteiger partial charge in [-0.25, -0.2) is 9.97 Å². The van der Waals surface area contributed by atoms with Gasteiger partial charge in [0.2, 0.25) is 0 Å². The number of hydrogen-bond acceptors (Lipinski definition) is 5. The highest BCUT2D eigenvalue weighted by Gasteiger charge is 2.24. The minimum Gasteiger partial charge on any atom is -0.495 e. The topological polar surface area (TPSA) is 58.6 Å². The number of hydrogen-bond donors (Lipinski definition) is 0. The van der Waals surface area contributed by atoms with Gasteiger partial charge in [-0.1, -0.05) is 12.1 Å². The number of anilines is 1. The first-order valence-corrected chi connectivity index (χ1v) is 7.64. The van der Waals surface area contributed by atoms with Crippen LogP contribution < -0.4 is 9.64 Å². The smallest absolute Gasteiger partial charge is 0.257 e. The summed E-state index contributed by atoms with van der Waals surface area (Å²) >= 11 is 0. The van der Waals surface area contributed by atoms with E-state index < -0.39 is 0 Å². The molecule has 0 aliphatic carbocycles. The van der Waals surface area contributed by atoms with Gasteiger partial charge < -0.3 is 14.5 Å². The SMILES string of the molecule is COc1ccccc1N1CCN(C(=O)c2cncnc2C)CC1. The molecule has 1 aromatic carbocycles. The van der Waals surface area contributed by atoms with Crippen molar-refractivity contribution in [2.75, 3.05) is 38.2 Å². The Bertz CT molecular complexity index is 696.